The lowest BCUT2D eigenvalue weighted by Gasteiger charge is -2.35. The summed E-state index contributed by atoms with van der Waals surface area (Å²) in [6, 6.07) is 90.0. The Balaban J connectivity index is 0.000000115. The van der Waals surface area contributed by atoms with Gasteiger partial charge in [0.25, 0.3) is 29.5 Å². The Hall–Kier alpha value is -13.5. The van der Waals surface area contributed by atoms with Gasteiger partial charge in [0.15, 0.2) is 0 Å². The lowest BCUT2D eigenvalue weighted by Crippen LogP contribution is -2.46. The highest BCUT2D eigenvalue weighted by Crippen LogP contribution is 2.34. The van der Waals surface area contributed by atoms with Crippen molar-refractivity contribution in [3.63, 3.8) is 0 Å². The molecule has 0 aromatic heterocycles. The third kappa shape index (κ3) is 23.7. The van der Waals surface area contributed by atoms with Gasteiger partial charge in [-0.2, -0.15) is 0 Å². The number of likely N-dealkylation sites (tertiary alicyclic amines) is 2. The van der Waals surface area contributed by atoms with Crippen molar-refractivity contribution in [2.75, 3.05) is 98.2 Å². The number of rotatable bonds is 12. The molecule has 4 fully saturated rings. The summed E-state index contributed by atoms with van der Waals surface area (Å²) in [7, 11) is 0. The molecule has 2 saturated carbocycles. The fraction of sp³-hybridized carbons (Fsp3) is 0.283. The van der Waals surface area contributed by atoms with Crippen LogP contribution in [0.5, 0.6) is 0 Å². The Morgan fingerprint density at radius 3 is 0.760 bits per heavy atom. The van der Waals surface area contributed by atoms with Crippen molar-refractivity contribution in [3.05, 3.63) is 390 Å². The van der Waals surface area contributed by atoms with E-state index in [0.29, 0.717) is 6.54 Å². The molecule has 7 heterocycles. The lowest BCUT2D eigenvalue weighted by atomic mass is 9.84. The van der Waals surface area contributed by atoms with Crippen LogP contribution in [-0.4, -0.2) is 162 Å². The fourth-order valence-corrected chi connectivity index (χ4v) is 17.0. The van der Waals surface area contributed by atoms with E-state index in [1.807, 2.05) is 255 Å². The second kappa shape index (κ2) is 42.5. The number of carbonyl (C=O) groups is 5. The van der Waals surface area contributed by atoms with E-state index in [9.17, 15) is 24.0 Å². The number of amides is 5. The summed E-state index contributed by atoms with van der Waals surface area (Å²) >= 11 is 0. The lowest BCUT2D eigenvalue weighted by molar-refractivity contribution is 0.0674. The Bertz CT molecular complexity index is 5980. The topological polar surface area (TPSA) is 108 Å². The zero-order valence-electron chi connectivity index (χ0n) is 71.5. The van der Waals surface area contributed by atoms with Crippen molar-refractivity contribution in [1.29, 1.82) is 0 Å². The predicted octanol–water partition coefficient (Wildman–Crippen LogP) is 18.0. The fourth-order valence-electron chi connectivity index (χ4n) is 17.0. The Morgan fingerprint density at radius 2 is 0.480 bits per heavy atom. The van der Waals surface area contributed by atoms with Crippen LogP contribution in [0.15, 0.2) is 273 Å². The molecule has 20 rings (SSSR count). The Kier molecular flexibility index (Phi) is 28.9. The molecule has 11 aromatic rings. The maximum absolute atomic E-state index is 12.9. The van der Waals surface area contributed by atoms with Gasteiger partial charge in [0, 0.05) is 162 Å². The molecule has 0 N–H and O–H groups in total. The zero-order chi connectivity index (χ0) is 85.3. The van der Waals surface area contributed by atoms with Gasteiger partial charge in [0.05, 0.1) is 0 Å². The van der Waals surface area contributed by atoms with E-state index in [-0.39, 0.29) is 29.5 Å². The molecule has 9 aliphatic rings. The third-order valence-corrected chi connectivity index (χ3v) is 24.9. The third-order valence-electron chi connectivity index (χ3n) is 24.9. The van der Waals surface area contributed by atoms with E-state index in [0.717, 1.165) is 233 Å². The van der Waals surface area contributed by atoms with Crippen LogP contribution < -0.4 is 0 Å². The summed E-state index contributed by atoms with van der Waals surface area (Å²) in [5, 5.41) is 0. The Morgan fingerprint density at radius 1 is 0.224 bits per heavy atom. The molecule has 2 aliphatic carbocycles. The maximum atomic E-state index is 12.9. The van der Waals surface area contributed by atoms with Crippen molar-refractivity contribution in [1.82, 2.24) is 34.3 Å². The average Bonchev–Trinajstić information content (AvgIpc) is 1.68. The number of carbonyl (C=O) groups excluding carboxylic acids is 5. The van der Waals surface area contributed by atoms with Crippen molar-refractivity contribution in [2.45, 2.75) is 96.4 Å². The first-order valence-electron chi connectivity index (χ1n) is 44.9. The molecule has 12 heteroatoms. The Labute approximate surface area is 738 Å². The summed E-state index contributed by atoms with van der Waals surface area (Å²) in [5.74, 6) is 34.3. The monoisotopic (exact) mass is 1640 g/mol. The molecule has 0 atom stereocenters. The van der Waals surface area contributed by atoms with E-state index in [1.54, 1.807) is 0 Å². The molecule has 125 heavy (non-hydrogen) atoms. The molecule has 0 spiro atoms. The first-order chi connectivity index (χ1) is 61.5. The maximum Gasteiger partial charge on any atom is 0.254 e. The summed E-state index contributed by atoms with van der Waals surface area (Å²) in [6.45, 7) is 15.0. The summed E-state index contributed by atoms with van der Waals surface area (Å²) in [6.07, 6.45) is 16.3. The molecule has 7 aliphatic heterocycles. The molecular formula is C113H107N7O5. The van der Waals surface area contributed by atoms with Gasteiger partial charge < -0.3 is 34.3 Å². The normalized spacial score (nSPS) is 16.0. The van der Waals surface area contributed by atoms with Gasteiger partial charge in [0.2, 0.25) is 0 Å². The average molecular weight is 1640 g/mol. The summed E-state index contributed by atoms with van der Waals surface area (Å²) < 4.78 is 0. The molecule has 2 saturated heterocycles. The van der Waals surface area contributed by atoms with Crippen LogP contribution in [0.2, 0.25) is 0 Å². The minimum Gasteiger partial charge on any atom is -0.338 e. The number of hydrogen-bond acceptors (Lipinski definition) is 7. The molecule has 0 unspecified atom stereocenters. The van der Waals surface area contributed by atoms with Crippen LogP contribution in [0.4, 0.5) is 0 Å². The summed E-state index contributed by atoms with van der Waals surface area (Å²) in [4.78, 5) is 78.5. The van der Waals surface area contributed by atoms with Crippen LogP contribution in [-0.2, 0) is 38.6 Å². The molecule has 0 radical (unpaired) electrons. The first kappa shape index (κ1) is 85.1. The SMILES string of the molecule is O=C1c2ccc(C#Cc3ccccc3)cc2CCN1CC1CC1.O=C1c2ccc(C#Cc3ccccc3)cc2CCN1CC1CCC1.O=C1c2ccc(C#Cc3ccccc3)cc2CCN1CCN1CCC1.O=C1c2ccc(C#Cc3ccccc3)cc2CCN1CCN1CCCCC1.O=C1c2ccc(C#Cc3ccccc3)cc2CCN1Cc1ccccc1. The van der Waals surface area contributed by atoms with E-state index in [1.165, 1.54) is 84.0 Å². The zero-order valence-corrected chi connectivity index (χ0v) is 71.5. The van der Waals surface area contributed by atoms with Gasteiger partial charge in [-0.15, -0.1) is 0 Å². The second-order valence-electron chi connectivity index (χ2n) is 33.8. The predicted molar refractivity (Wildman–Crippen MR) is 499 cm³/mol. The minimum absolute atomic E-state index is 0.109. The molecule has 0 bridgehead atoms. The van der Waals surface area contributed by atoms with Crippen molar-refractivity contribution in [3.8, 4) is 59.2 Å². The quantitative estimate of drug-likeness (QED) is 0.112. The van der Waals surface area contributed by atoms with Crippen LogP contribution in [0.25, 0.3) is 0 Å². The second-order valence-corrected chi connectivity index (χ2v) is 33.8. The highest BCUT2D eigenvalue weighted by atomic mass is 16.2. The van der Waals surface area contributed by atoms with Gasteiger partial charge >= 0.3 is 0 Å². The van der Waals surface area contributed by atoms with Crippen LogP contribution in [0.3, 0.4) is 0 Å². The number of piperidine rings is 1. The van der Waals surface area contributed by atoms with Gasteiger partial charge in [-0.25, -0.2) is 0 Å². The van der Waals surface area contributed by atoms with Crippen LogP contribution >= 0.6 is 0 Å². The molecule has 12 nitrogen and oxygen atoms in total. The summed E-state index contributed by atoms with van der Waals surface area (Å²) in [5.41, 5.74) is 21.0. The van der Waals surface area contributed by atoms with Gasteiger partial charge in [-0.3, -0.25) is 24.0 Å². The number of benzene rings is 11. The molecule has 5 amide bonds. The van der Waals surface area contributed by atoms with Crippen molar-refractivity contribution >= 4 is 29.5 Å². The largest absolute Gasteiger partial charge is 0.338 e. The van der Waals surface area contributed by atoms with E-state index < -0.39 is 0 Å². The minimum atomic E-state index is 0.109. The van der Waals surface area contributed by atoms with Crippen LogP contribution in [0, 0.1) is 71.0 Å². The molecule has 624 valence electrons. The van der Waals surface area contributed by atoms with Gasteiger partial charge in [0.1, 0.15) is 0 Å². The highest BCUT2D eigenvalue weighted by molar-refractivity contribution is 6.00. The number of fused-ring (bicyclic) bond motifs is 5. The van der Waals surface area contributed by atoms with E-state index in [4.69, 9.17) is 0 Å². The van der Waals surface area contributed by atoms with E-state index in [2.05, 4.69) is 111 Å². The number of nitrogens with zero attached hydrogens (tertiary/aromatic N) is 7. The number of hydrogen-bond donors (Lipinski definition) is 0. The van der Waals surface area contributed by atoms with Crippen molar-refractivity contribution in [2.24, 2.45) is 11.8 Å². The van der Waals surface area contributed by atoms with Crippen molar-refractivity contribution < 1.29 is 24.0 Å². The van der Waals surface area contributed by atoms with Gasteiger partial charge in [-0.1, -0.05) is 193 Å². The van der Waals surface area contributed by atoms with Crippen LogP contribution in [0.1, 0.15) is 199 Å². The van der Waals surface area contributed by atoms with E-state index >= 15 is 0 Å². The highest BCUT2D eigenvalue weighted by Gasteiger charge is 2.33. The molecule has 11 aromatic carbocycles. The molecular weight excluding hydrogens is 1540 g/mol. The first-order valence-corrected chi connectivity index (χ1v) is 44.9. The van der Waals surface area contributed by atoms with Gasteiger partial charge in [-0.05, 0) is 300 Å². The smallest absolute Gasteiger partial charge is 0.254 e. The standard InChI is InChI=1S/C24H26N2O.C24H19NO.C22H22N2O.C22H21NO.C21H19NO/c27-24-23-12-11-21(10-9-20-7-3-1-4-8-20)19-22(23)13-16-26(24)18-17-25-14-5-2-6-15-25;26-24-23-14-13-20(12-11-19-7-3-1-4-8-19)17-22(23)15-16-25(24)18-21-9-5-2-6-10-21;25-22-21-10-9-19(8-7-18-5-2-1-3-6-18)17-20(21)11-14-24(22)16-15-23-12-4-13-23;24-22-21-12-11-18(10-9-17-5-2-1-3-6-17)15-20(21)13-14-23(22)16-19-7-4-8-19;23-21-20-11-10-17(7-6-16-4-2-1-3-5-16)14-19(20)12-13-22(21)15-18-8-9-18/h1,3-4,7-8,11-12,19H,2,5-6,13-18H2;1-10,13-14,17H,15-16,18H2;1-3,5-6,9-10,17H,4,11-16H2;1-3,5-6,11-12,15,19H,4,7-8,13-14,16H2;1-5,10-11,14,18H,8-9,12-13,15H2.